The Morgan fingerprint density at radius 3 is 2.60 bits per heavy atom. The number of aryl methyl sites for hydroxylation is 1. The van der Waals surface area contributed by atoms with Crippen molar-refractivity contribution in [2.75, 3.05) is 13.1 Å². The molecule has 1 heterocycles. The number of thiazole rings is 1. The van der Waals surface area contributed by atoms with Crippen LogP contribution in [0.1, 0.15) is 29.6 Å². The Bertz CT molecular complexity index is 698. The van der Waals surface area contributed by atoms with E-state index in [1.807, 2.05) is 36.6 Å². The maximum Gasteiger partial charge on any atom is 0.226 e. The highest BCUT2D eigenvalue weighted by atomic mass is 32.1. The smallest absolute Gasteiger partial charge is 0.226 e. The van der Waals surface area contributed by atoms with Gasteiger partial charge >= 0.3 is 0 Å². The van der Waals surface area contributed by atoms with Gasteiger partial charge in [0.15, 0.2) is 0 Å². The Hall–Kier alpha value is -2.41. The molecule has 0 aliphatic carbocycles. The van der Waals surface area contributed by atoms with Crippen LogP contribution in [0.15, 0.2) is 29.6 Å². The zero-order valence-corrected chi connectivity index (χ0v) is 15.3. The Labute approximate surface area is 151 Å². The number of aromatic nitrogens is 1. The van der Waals surface area contributed by atoms with Gasteiger partial charge < -0.3 is 15.4 Å². The Morgan fingerprint density at radius 2 is 1.88 bits per heavy atom. The lowest BCUT2D eigenvalue weighted by atomic mass is 10.2. The topological polar surface area (TPSA) is 80.3 Å². The molecular formula is C18H23N3O3S. The normalized spacial score (nSPS) is 10.3. The maximum absolute atomic E-state index is 11.9. The van der Waals surface area contributed by atoms with Crippen molar-refractivity contribution in [2.45, 2.75) is 33.3 Å². The van der Waals surface area contributed by atoms with Gasteiger partial charge in [0, 0.05) is 25.4 Å². The van der Waals surface area contributed by atoms with E-state index in [0.29, 0.717) is 26.1 Å². The predicted octanol–water partition coefficient (Wildman–Crippen LogP) is 2.22. The SMILES string of the molecule is CC(=O)NCCCNC(=O)Cc1csc(COc2ccc(C)cc2)n1. The fraction of sp³-hybridized carbons (Fsp3) is 0.389. The Balaban J connectivity index is 1.68. The first-order chi connectivity index (χ1) is 12.0. The van der Waals surface area contributed by atoms with Crippen molar-refractivity contribution in [3.05, 3.63) is 45.9 Å². The fourth-order valence-electron chi connectivity index (χ4n) is 2.08. The summed E-state index contributed by atoms with van der Waals surface area (Å²) in [5.41, 5.74) is 1.93. The molecule has 0 spiro atoms. The van der Waals surface area contributed by atoms with Gasteiger partial charge in [0.1, 0.15) is 17.4 Å². The lowest BCUT2D eigenvalue weighted by molar-refractivity contribution is -0.120. The third kappa shape index (κ3) is 7.34. The molecule has 2 N–H and O–H groups in total. The molecule has 0 aliphatic rings. The summed E-state index contributed by atoms with van der Waals surface area (Å²) >= 11 is 1.49. The van der Waals surface area contributed by atoms with Gasteiger partial charge in [-0.05, 0) is 25.5 Å². The number of nitrogens with one attached hydrogen (secondary N) is 2. The highest BCUT2D eigenvalue weighted by Gasteiger charge is 2.08. The molecule has 0 fully saturated rings. The van der Waals surface area contributed by atoms with Crippen LogP contribution < -0.4 is 15.4 Å². The van der Waals surface area contributed by atoms with Gasteiger partial charge in [0.2, 0.25) is 11.8 Å². The molecule has 0 saturated heterocycles. The minimum Gasteiger partial charge on any atom is -0.486 e. The van der Waals surface area contributed by atoms with Crippen LogP contribution in [0.3, 0.4) is 0 Å². The zero-order chi connectivity index (χ0) is 18.1. The molecule has 2 amide bonds. The molecule has 134 valence electrons. The molecule has 0 radical (unpaired) electrons. The van der Waals surface area contributed by atoms with Gasteiger partial charge in [-0.3, -0.25) is 9.59 Å². The lowest BCUT2D eigenvalue weighted by Gasteiger charge is -2.05. The maximum atomic E-state index is 11.9. The molecule has 25 heavy (non-hydrogen) atoms. The Kier molecular flexibility index (Phi) is 7.40. The van der Waals surface area contributed by atoms with Crippen LogP contribution >= 0.6 is 11.3 Å². The van der Waals surface area contributed by atoms with Crippen molar-refractivity contribution in [3.8, 4) is 5.75 Å². The largest absolute Gasteiger partial charge is 0.486 e. The number of nitrogens with zero attached hydrogens (tertiary/aromatic N) is 1. The van der Waals surface area contributed by atoms with Crippen molar-refractivity contribution in [2.24, 2.45) is 0 Å². The van der Waals surface area contributed by atoms with Crippen LogP contribution in [-0.2, 0) is 22.6 Å². The van der Waals surface area contributed by atoms with Crippen molar-refractivity contribution in [3.63, 3.8) is 0 Å². The summed E-state index contributed by atoms with van der Waals surface area (Å²) in [5.74, 6) is 0.674. The average molecular weight is 361 g/mol. The first-order valence-electron chi connectivity index (χ1n) is 8.17. The minimum atomic E-state index is -0.0703. The van der Waals surface area contributed by atoms with Crippen LogP contribution in [0.25, 0.3) is 0 Å². The van der Waals surface area contributed by atoms with E-state index in [4.69, 9.17) is 4.74 Å². The summed E-state index contributed by atoms with van der Waals surface area (Å²) in [6.45, 7) is 4.99. The van der Waals surface area contributed by atoms with Crippen LogP contribution in [0.2, 0.25) is 0 Å². The van der Waals surface area contributed by atoms with Crippen LogP contribution in [0.4, 0.5) is 0 Å². The van der Waals surface area contributed by atoms with Gasteiger partial charge in [0.25, 0.3) is 0 Å². The lowest BCUT2D eigenvalue weighted by Crippen LogP contribution is -2.29. The fourth-order valence-corrected chi connectivity index (χ4v) is 2.79. The van der Waals surface area contributed by atoms with Crippen LogP contribution in [0.5, 0.6) is 5.75 Å². The highest BCUT2D eigenvalue weighted by molar-refractivity contribution is 7.09. The Morgan fingerprint density at radius 1 is 1.16 bits per heavy atom. The number of hydrogen-bond acceptors (Lipinski definition) is 5. The molecule has 6 nitrogen and oxygen atoms in total. The third-order valence-electron chi connectivity index (χ3n) is 3.37. The second kappa shape index (κ2) is 9.78. The van der Waals surface area contributed by atoms with Crippen molar-refractivity contribution < 1.29 is 14.3 Å². The van der Waals surface area contributed by atoms with Gasteiger partial charge in [-0.2, -0.15) is 0 Å². The van der Waals surface area contributed by atoms with E-state index in [1.54, 1.807) is 0 Å². The number of benzene rings is 1. The number of rotatable bonds is 9. The third-order valence-corrected chi connectivity index (χ3v) is 4.25. The molecular weight excluding hydrogens is 338 g/mol. The molecule has 2 aromatic rings. The molecule has 0 aliphatic heterocycles. The summed E-state index contributed by atoms with van der Waals surface area (Å²) in [7, 11) is 0. The van der Waals surface area contributed by atoms with Crippen molar-refractivity contribution in [1.82, 2.24) is 15.6 Å². The quantitative estimate of drug-likeness (QED) is 0.671. The van der Waals surface area contributed by atoms with Gasteiger partial charge in [-0.1, -0.05) is 17.7 Å². The standard InChI is InChI=1S/C18H23N3O3S/c1-13-4-6-16(7-5-13)24-11-18-21-15(12-25-18)10-17(23)20-9-3-8-19-14(2)22/h4-7,12H,3,8-11H2,1-2H3,(H,19,22)(H,20,23). The monoisotopic (exact) mass is 361 g/mol. The first-order valence-corrected chi connectivity index (χ1v) is 9.05. The molecule has 0 unspecified atom stereocenters. The number of hydrogen-bond donors (Lipinski definition) is 2. The van der Waals surface area contributed by atoms with E-state index in [-0.39, 0.29) is 18.2 Å². The van der Waals surface area contributed by atoms with E-state index in [1.165, 1.54) is 23.8 Å². The average Bonchev–Trinajstić information content (AvgIpc) is 3.01. The van der Waals surface area contributed by atoms with Gasteiger partial charge in [0.05, 0.1) is 12.1 Å². The molecule has 7 heteroatoms. The van der Waals surface area contributed by atoms with E-state index >= 15 is 0 Å². The van der Waals surface area contributed by atoms with E-state index in [0.717, 1.165) is 16.5 Å². The van der Waals surface area contributed by atoms with Crippen molar-refractivity contribution in [1.29, 1.82) is 0 Å². The number of carbonyl (C=O) groups is 2. The highest BCUT2D eigenvalue weighted by Crippen LogP contribution is 2.16. The van der Waals surface area contributed by atoms with Crippen LogP contribution in [0, 0.1) is 6.92 Å². The van der Waals surface area contributed by atoms with Gasteiger partial charge in [-0.25, -0.2) is 4.98 Å². The van der Waals surface area contributed by atoms with E-state index in [2.05, 4.69) is 15.6 Å². The molecule has 1 aromatic heterocycles. The molecule has 2 rings (SSSR count). The second-order valence-electron chi connectivity index (χ2n) is 5.70. The summed E-state index contributed by atoms with van der Waals surface area (Å²) in [5, 5.41) is 8.23. The second-order valence-corrected chi connectivity index (χ2v) is 6.64. The number of ether oxygens (including phenoxy) is 1. The summed E-state index contributed by atoms with van der Waals surface area (Å²) in [6.07, 6.45) is 0.958. The first kappa shape index (κ1) is 18.9. The molecule has 0 atom stereocenters. The predicted molar refractivity (Wildman–Crippen MR) is 97.6 cm³/mol. The molecule has 0 saturated carbocycles. The number of amides is 2. The van der Waals surface area contributed by atoms with E-state index < -0.39 is 0 Å². The minimum absolute atomic E-state index is 0.0609. The van der Waals surface area contributed by atoms with Crippen LogP contribution in [-0.4, -0.2) is 29.9 Å². The summed E-state index contributed by atoms with van der Waals surface area (Å²) < 4.78 is 5.69. The molecule has 1 aromatic carbocycles. The summed E-state index contributed by atoms with van der Waals surface area (Å²) in [6, 6.07) is 7.86. The summed E-state index contributed by atoms with van der Waals surface area (Å²) in [4.78, 5) is 27.0. The molecule has 0 bridgehead atoms. The van der Waals surface area contributed by atoms with E-state index in [9.17, 15) is 9.59 Å². The zero-order valence-electron chi connectivity index (χ0n) is 14.5. The van der Waals surface area contributed by atoms with Gasteiger partial charge in [-0.15, -0.1) is 11.3 Å². The number of carbonyl (C=O) groups excluding carboxylic acids is 2. The van der Waals surface area contributed by atoms with Crippen molar-refractivity contribution >= 4 is 23.2 Å².